The topological polar surface area (TPSA) is 65.6 Å². The van der Waals surface area contributed by atoms with E-state index in [2.05, 4.69) is 34.9 Å². The molecule has 0 unspecified atom stereocenters. The third-order valence-corrected chi connectivity index (χ3v) is 4.06. The Morgan fingerprint density at radius 1 is 1.25 bits per heavy atom. The van der Waals surface area contributed by atoms with Gasteiger partial charge in [0.15, 0.2) is 5.11 Å². The van der Waals surface area contributed by atoms with Crippen molar-refractivity contribution in [3.63, 3.8) is 0 Å². The van der Waals surface area contributed by atoms with Gasteiger partial charge in [0, 0.05) is 31.7 Å². The molecule has 1 heterocycles. The van der Waals surface area contributed by atoms with Crippen molar-refractivity contribution in [2.75, 3.05) is 25.0 Å². The van der Waals surface area contributed by atoms with Gasteiger partial charge >= 0.3 is 0 Å². The Morgan fingerprint density at radius 3 is 2.58 bits per heavy atom. The van der Waals surface area contributed by atoms with E-state index in [1.807, 2.05) is 31.2 Å². The second kappa shape index (κ2) is 8.96. The summed E-state index contributed by atoms with van der Waals surface area (Å²) in [4.78, 5) is 14.2. The number of aryl methyl sites for hydroxylation is 1. The van der Waals surface area contributed by atoms with Crippen molar-refractivity contribution < 1.29 is 9.53 Å². The zero-order chi connectivity index (χ0) is 17.5. The summed E-state index contributed by atoms with van der Waals surface area (Å²) < 4.78 is 5.69. The van der Waals surface area contributed by atoms with E-state index in [0.29, 0.717) is 18.1 Å². The number of rotatable bonds is 4. The monoisotopic (exact) mass is 350 g/mol. The normalized spacial score (nSPS) is 21.1. The van der Waals surface area contributed by atoms with Crippen molar-refractivity contribution in [1.29, 1.82) is 0 Å². The summed E-state index contributed by atoms with van der Waals surface area (Å²) in [6.07, 6.45) is 0.834. The van der Waals surface area contributed by atoms with Gasteiger partial charge in [0.25, 0.3) is 0 Å². The molecule has 2 atom stereocenters. The van der Waals surface area contributed by atoms with Crippen molar-refractivity contribution in [3.05, 3.63) is 29.8 Å². The molecule has 0 bridgehead atoms. The van der Waals surface area contributed by atoms with E-state index in [9.17, 15) is 4.79 Å². The van der Waals surface area contributed by atoms with Crippen molar-refractivity contribution in [2.45, 2.75) is 39.4 Å². The van der Waals surface area contributed by atoms with E-state index in [-0.39, 0.29) is 18.1 Å². The molecule has 3 N–H and O–H groups in total. The van der Waals surface area contributed by atoms with Crippen LogP contribution in [0.2, 0.25) is 0 Å². The van der Waals surface area contributed by atoms with Crippen LogP contribution in [0.5, 0.6) is 0 Å². The second-order valence-electron chi connectivity index (χ2n) is 6.21. The van der Waals surface area contributed by atoms with Crippen LogP contribution < -0.4 is 16.2 Å². The van der Waals surface area contributed by atoms with Crippen LogP contribution in [0.15, 0.2) is 24.3 Å². The lowest BCUT2D eigenvalue weighted by Crippen LogP contribution is -2.48. The third-order valence-electron chi connectivity index (χ3n) is 3.86. The van der Waals surface area contributed by atoms with Gasteiger partial charge in [-0.1, -0.05) is 18.2 Å². The number of carbonyl (C=O) groups is 1. The molecule has 0 saturated carbocycles. The first kappa shape index (κ1) is 18.6. The van der Waals surface area contributed by atoms with Crippen LogP contribution in [0.25, 0.3) is 0 Å². The van der Waals surface area contributed by atoms with E-state index < -0.39 is 0 Å². The number of para-hydroxylation sites is 1. The SMILES string of the molecule is Cc1ccccc1NC(=S)NNC(=O)CCN1C[C@H](C)O[C@@H](C)C1. The number of thiocarbonyl (C=S) groups is 1. The minimum Gasteiger partial charge on any atom is -0.373 e. The maximum absolute atomic E-state index is 12.0. The van der Waals surface area contributed by atoms with E-state index in [0.717, 1.165) is 24.3 Å². The van der Waals surface area contributed by atoms with E-state index in [1.165, 1.54) is 0 Å². The van der Waals surface area contributed by atoms with Crippen molar-refractivity contribution in [2.24, 2.45) is 0 Å². The number of anilines is 1. The van der Waals surface area contributed by atoms with Crippen LogP contribution >= 0.6 is 12.2 Å². The first-order valence-electron chi connectivity index (χ1n) is 8.23. The Bertz CT molecular complexity index is 571. The highest BCUT2D eigenvalue weighted by molar-refractivity contribution is 7.80. The first-order chi connectivity index (χ1) is 11.4. The number of ether oxygens (including phenoxy) is 1. The number of nitrogens with one attached hydrogen (secondary N) is 3. The Morgan fingerprint density at radius 2 is 1.92 bits per heavy atom. The molecule has 1 aromatic carbocycles. The number of nitrogens with zero attached hydrogens (tertiary/aromatic N) is 1. The first-order valence-corrected chi connectivity index (χ1v) is 8.64. The van der Waals surface area contributed by atoms with Gasteiger partial charge in [0.05, 0.1) is 12.2 Å². The molecule has 1 aliphatic rings. The summed E-state index contributed by atoms with van der Waals surface area (Å²) in [7, 11) is 0. The van der Waals surface area contributed by atoms with E-state index in [1.54, 1.807) is 0 Å². The Labute approximate surface area is 148 Å². The van der Waals surface area contributed by atoms with Crippen LogP contribution in [-0.2, 0) is 9.53 Å². The van der Waals surface area contributed by atoms with Crippen LogP contribution in [-0.4, -0.2) is 47.8 Å². The molecule has 1 aromatic rings. The number of amides is 1. The fourth-order valence-electron chi connectivity index (χ4n) is 2.78. The lowest BCUT2D eigenvalue weighted by Gasteiger charge is -2.35. The molecule has 1 aliphatic heterocycles. The molecule has 1 amide bonds. The zero-order valence-electron chi connectivity index (χ0n) is 14.5. The van der Waals surface area contributed by atoms with Crippen molar-refractivity contribution in [1.82, 2.24) is 15.8 Å². The highest BCUT2D eigenvalue weighted by Crippen LogP contribution is 2.12. The summed E-state index contributed by atoms with van der Waals surface area (Å²) in [6.45, 7) is 8.54. The van der Waals surface area contributed by atoms with Gasteiger partial charge < -0.3 is 10.1 Å². The lowest BCUT2D eigenvalue weighted by atomic mass is 10.2. The third kappa shape index (κ3) is 6.07. The molecule has 2 rings (SSSR count). The maximum Gasteiger partial charge on any atom is 0.239 e. The number of hydrogen-bond donors (Lipinski definition) is 3. The maximum atomic E-state index is 12.0. The van der Waals surface area contributed by atoms with Gasteiger partial charge in [-0.05, 0) is 44.6 Å². The molecule has 0 radical (unpaired) electrons. The molecule has 1 fully saturated rings. The number of carbonyl (C=O) groups excluding carboxylic acids is 1. The number of morpholine rings is 1. The quantitative estimate of drug-likeness (QED) is 0.569. The molecule has 132 valence electrons. The number of hydrogen-bond acceptors (Lipinski definition) is 4. The standard InChI is InChI=1S/C17H26N4O2S/c1-12-6-4-5-7-15(12)18-17(24)20-19-16(22)8-9-21-10-13(2)23-14(3)11-21/h4-7,13-14H,8-11H2,1-3H3,(H,19,22)(H2,18,20,24)/t13-,14-/m0/s1. The Balaban J connectivity index is 1.67. The summed E-state index contributed by atoms with van der Waals surface area (Å²) in [6, 6.07) is 7.83. The Hall–Kier alpha value is -1.70. The molecular weight excluding hydrogens is 324 g/mol. The predicted molar refractivity (Wildman–Crippen MR) is 99.7 cm³/mol. The average Bonchev–Trinajstić information content (AvgIpc) is 2.52. The van der Waals surface area contributed by atoms with Crippen LogP contribution in [0.4, 0.5) is 5.69 Å². The minimum absolute atomic E-state index is 0.0873. The summed E-state index contributed by atoms with van der Waals surface area (Å²) in [5.41, 5.74) is 7.38. The van der Waals surface area contributed by atoms with Gasteiger partial charge in [0.2, 0.25) is 5.91 Å². The summed E-state index contributed by atoms with van der Waals surface area (Å²) >= 11 is 5.19. The highest BCUT2D eigenvalue weighted by atomic mass is 32.1. The molecule has 0 aromatic heterocycles. The predicted octanol–water partition coefficient (Wildman–Crippen LogP) is 1.81. The zero-order valence-corrected chi connectivity index (χ0v) is 15.3. The van der Waals surface area contributed by atoms with Crippen molar-refractivity contribution >= 4 is 28.9 Å². The fourth-order valence-corrected chi connectivity index (χ4v) is 2.94. The van der Waals surface area contributed by atoms with Gasteiger partial charge in [-0.15, -0.1) is 0 Å². The lowest BCUT2D eigenvalue weighted by molar-refractivity contribution is -0.123. The van der Waals surface area contributed by atoms with E-state index >= 15 is 0 Å². The van der Waals surface area contributed by atoms with Gasteiger partial charge in [0.1, 0.15) is 0 Å². The average molecular weight is 350 g/mol. The second-order valence-corrected chi connectivity index (χ2v) is 6.62. The number of benzene rings is 1. The molecule has 24 heavy (non-hydrogen) atoms. The largest absolute Gasteiger partial charge is 0.373 e. The van der Waals surface area contributed by atoms with Gasteiger partial charge in [-0.25, -0.2) is 0 Å². The molecular formula is C17H26N4O2S. The van der Waals surface area contributed by atoms with Gasteiger partial charge in [-0.3, -0.25) is 20.5 Å². The summed E-state index contributed by atoms with van der Waals surface area (Å²) in [5, 5.41) is 3.43. The molecule has 0 spiro atoms. The molecule has 0 aliphatic carbocycles. The Kier molecular flexibility index (Phi) is 6.96. The summed E-state index contributed by atoms with van der Waals surface area (Å²) in [5.74, 6) is -0.0873. The van der Waals surface area contributed by atoms with Gasteiger partial charge in [-0.2, -0.15) is 0 Å². The van der Waals surface area contributed by atoms with E-state index in [4.69, 9.17) is 17.0 Å². The highest BCUT2D eigenvalue weighted by Gasteiger charge is 2.22. The smallest absolute Gasteiger partial charge is 0.239 e. The van der Waals surface area contributed by atoms with Crippen LogP contribution in [0.3, 0.4) is 0 Å². The molecule has 6 nitrogen and oxygen atoms in total. The fraction of sp³-hybridized carbons (Fsp3) is 0.529. The molecule has 1 saturated heterocycles. The van der Waals surface area contributed by atoms with Crippen molar-refractivity contribution in [3.8, 4) is 0 Å². The van der Waals surface area contributed by atoms with Crippen LogP contribution in [0, 0.1) is 6.92 Å². The minimum atomic E-state index is -0.0873. The number of hydrazine groups is 1. The van der Waals surface area contributed by atoms with Crippen LogP contribution in [0.1, 0.15) is 25.8 Å². The molecule has 7 heteroatoms.